The Balaban J connectivity index is 1.42. The first-order valence-electron chi connectivity index (χ1n) is 10.6. The van der Waals surface area contributed by atoms with Crippen molar-refractivity contribution in [2.45, 2.75) is 82.9 Å². The number of epoxide rings is 1. The van der Waals surface area contributed by atoms with Crippen molar-refractivity contribution in [3.63, 3.8) is 0 Å². The molecule has 0 aromatic carbocycles. The van der Waals surface area contributed by atoms with Crippen LogP contribution in [0.1, 0.15) is 53.4 Å². The highest BCUT2D eigenvalue weighted by atomic mass is 16.7. The molecular formula is C21H33NO4. The lowest BCUT2D eigenvalue weighted by Crippen LogP contribution is -2.58. The average Bonchev–Trinajstić information content (AvgIpc) is 3.18. The van der Waals surface area contributed by atoms with Crippen LogP contribution in [0.5, 0.6) is 0 Å². The number of hydrogen-bond acceptors (Lipinski definition) is 5. The molecule has 26 heavy (non-hydrogen) atoms. The van der Waals surface area contributed by atoms with Crippen LogP contribution in [-0.2, 0) is 19.0 Å². The quantitative estimate of drug-likeness (QED) is 0.558. The monoisotopic (exact) mass is 363 g/mol. The minimum absolute atomic E-state index is 0.00551. The Morgan fingerprint density at radius 2 is 1.81 bits per heavy atom. The van der Waals surface area contributed by atoms with E-state index in [2.05, 4.69) is 32.6 Å². The van der Waals surface area contributed by atoms with Gasteiger partial charge in [0.05, 0.1) is 23.7 Å². The average molecular weight is 363 g/mol. The molecule has 0 radical (unpaired) electrons. The number of carbonyl (C=O) groups excluding carboxylic acids is 1. The minimum Gasteiger partial charge on any atom is -0.455 e. The van der Waals surface area contributed by atoms with Gasteiger partial charge < -0.3 is 14.2 Å². The minimum atomic E-state index is -0.351. The molecule has 2 saturated carbocycles. The lowest BCUT2D eigenvalue weighted by atomic mass is 9.55. The second kappa shape index (κ2) is 5.68. The van der Waals surface area contributed by atoms with Crippen molar-refractivity contribution in [3.8, 4) is 0 Å². The number of morpholine rings is 1. The molecule has 0 bridgehead atoms. The molecule has 0 aromatic heterocycles. The van der Waals surface area contributed by atoms with E-state index in [1.165, 1.54) is 6.42 Å². The van der Waals surface area contributed by atoms with Crippen molar-refractivity contribution >= 4 is 5.97 Å². The SMILES string of the molecule is C[C@H]1CN(C[C@H]2C(=O)O[C@@]34[C@@H]2CC[C@H](C)[C@@H]3CC[C@@]2(C)O[C@@H]42)C[C@H](C)O1. The van der Waals surface area contributed by atoms with Gasteiger partial charge in [-0.2, -0.15) is 0 Å². The summed E-state index contributed by atoms with van der Waals surface area (Å²) in [5.74, 6) is 1.43. The summed E-state index contributed by atoms with van der Waals surface area (Å²) in [5.41, 5.74) is -0.404. The van der Waals surface area contributed by atoms with Gasteiger partial charge in [0.2, 0.25) is 0 Å². The zero-order valence-electron chi connectivity index (χ0n) is 16.6. The molecule has 1 spiro atoms. The van der Waals surface area contributed by atoms with Gasteiger partial charge in [-0.15, -0.1) is 0 Å². The molecule has 3 aliphatic heterocycles. The van der Waals surface area contributed by atoms with E-state index in [-0.39, 0.29) is 41.4 Å². The maximum absolute atomic E-state index is 13.1. The van der Waals surface area contributed by atoms with E-state index in [1.807, 2.05) is 0 Å². The van der Waals surface area contributed by atoms with Gasteiger partial charge >= 0.3 is 5.97 Å². The van der Waals surface area contributed by atoms with E-state index in [1.54, 1.807) is 0 Å². The fraction of sp³-hybridized carbons (Fsp3) is 0.952. The molecule has 0 unspecified atom stereocenters. The second-order valence-electron chi connectivity index (χ2n) is 9.97. The molecule has 5 aliphatic rings. The van der Waals surface area contributed by atoms with Crippen LogP contribution >= 0.6 is 0 Å². The first-order valence-corrected chi connectivity index (χ1v) is 10.6. The number of ether oxygens (including phenoxy) is 3. The Morgan fingerprint density at radius 3 is 2.54 bits per heavy atom. The first kappa shape index (κ1) is 17.4. The molecule has 5 heteroatoms. The Labute approximate surface area is 156 Å². The van der Waals surface area contributed by atoms with Crippen molar-refractivity contribution < 1.29 is 19.0 Å². The van der Waals surface area contributed by atoms with Crippen LogP contribution in [-0.4, -0.2) is 60.0 Å². The topological polar surface area (TPSA) is 51.3 Å². The van der Waals surface area contributed by atoms with E-state index < -0.39 is 0 Å². The molecule has 146 valence electrons. The Kier molecular flexibility index (Phi) is 3.81. The van der Waals surface area contributed by atoms with Crippen molar-refractivity contribution in [1.82, 2.24) is 4.90 Å². The third-order valence-corrected chi connectivity index (χ3v) is 8.04. The summed E-state index contributed by atoms with van der Waals surface area (Å²) in [7, 11) is 0. The molecular weight excluding hydrogens is 330 g/mol. The molecule has 9 atom stereocenters. The predicted octanol–water partition coefficient (Wildman–Crippen LogP) is 2.62. The number of carbonyl (C=O) groups is 1. The standard InChI is InChI=1S/C21H33NO4/c1-12-5-6-17-15(11-22-9-13(2)24-14(3)10-22)18(23)25-21(17)16(12)7-8-20(4)19(21)26-20/h12-17,19H,5-11H2,1-4H3/t12-,13-,14-,15+,16-,17+,19+,20+,21+/m0/s1. The summed E-state index contributed by atoms with van der Waals surface area (Å²) < 4.78 is 18.4. The highest BCUT2D eigenvalue weighted by molar-refractivity contribution is 5.77. The zero-order valence-corrected chi connectivity index (χ0v) is 16.6. The Hall–Kier alpha value is -0.650. The fourth-order valence-corrected chi connectivity index (χ4v) is 6.97. The molecule has 0 aromatic rings. The summed E-state index contributed by atoms with van der Waals surface area (Å²) >= 11 is 0. The van der Waals surface area contributed by atoms with Crippen LogP contribution in [0, 0.1) is 23.7 Å². The van der Waals surface area contributed by atoms with Crippen LogP contribution in [0.15, 0.2) is 0 Å². The van der Waals surface area contributed by atoms with Gasteiger partial charge in [-0.3, -0.25) is 9.69 Å². The lowest BCUT2D eigenvalue weighted by molar-refractivity contribution is -0.168. The van der Waals surface area contributed by atoms with E-state index in [0.717, 1.165) is 38.9 Å². The normalized spacial score (nSPS) is 56.3. The van der Waals surface area contributed by atoms with Crippen molar-refractivity contribution in [3.05, 3.63) is 0 Å². The Morgan fingerprint density at radius 1 is 1.08 bits per heavy atom. The van der Waals surface area contributed by atoms with Crippen molar-refractivity contribution in [2.24, 2.45) is 23.7 Å². The van der Waals surface area contributed by atoms with Gasteiger partial charge in [0.1, 0.15) is 11.7 Å². The molecule has 2 aliphatic carbocycles. The van der Waals surface area contributed by atoms with Gasteiger partial charge in [0, 0.05) is 31.5 Å². The summed E-state index contributed by atoms with van der Waals surface area (Å²) in [5, 5.41) is 0. The largest absolute Gasteiger partial charge is 0.455 e. The highest BCUT2D eigenvalue weighted by Gasteiger charge is 2.77. The maximum atomic E-state index is 13.1. The van der Waals surface area contributed by atoms with Crippen LogP contribution in [0.3, 0.4) is 0 Å². The fourth-order valence-electron chi connectivity index (χ4n) is 6.97. The number of fused-ring (bicyclic) bond motifs is 1. The zero-order chi connectivity index (χ0) is 18.3. The van der Waals surface area contributed by atoms with Crippen LogP contribution < -0.4 is 0 Å². The van der Waals surface area contributed by atoms with Gasteiger partial charge in [-0.05, 0) is 52.4 Å². The molecule has 5 fully saturated rings. The third-order valence-electron chi connectivity index (χ3n) is 8.04. The second-order valence-corrected chi connectivity index (χ2v) is 9.97. The summed E-state index contributed by atoms with van der Waals surface area (Å²) in [6.07, 6.45) is 5.14. The predicted molar refractivity (Wildman–Crippen MR) is 96.7 cm³/mol. The smallest absolute Gasteiger partial charge is 0.311 e. The molecule has 0 amide bonds. The molecule has 5 nitrogen and oxygen atoms in total. The maximum Gasteiger partial charge on any atom is 0.311 e. The van der Waals surface area contributed by atoms with Crippen LogP contribution in [0.4, 0.5) is 0 Å². The molecule has 3 heterocycles. The number of esters is 1. The van der Waals surface area contributed by atoms with Crippen LogP contribution in [0.2, 0.25) is 0 Å². The highest BCUT2D eigenvalue weighted by Crippen LogP contribution is 2.66. The van der Waals surface area contributed by atoms with E-state index >= 15 is 0 Å². The number of rotatable bonds is 2. The number of hydrogen-bond donors (Lipinski definition) is 0. The number of nitrogens with zero attached hydrogens (tertiary/aromatic N) is 1. The van der Waals surface area contributed by atoms with E-state index in [4.69, 9.17) is 14.2 Å². The van der Waals surface area contributed by atoms with Gasteiger partial charge in [-0.25, -0.2) is 0 Å². The molecule has 5 rings (SSSR count). The summed E-state index contributed by atoms with van der Waals surface area (Å²) in [6.45, 7) is 11.4. The van der Waals surface area contributed by atoms with Crippen molar-refractivity contribution in [2.75, 3.05) is 19.6 Å². The van der Waals surface area contributed by atoms with Crippen molar-refractivity contribution in [1.29, 1.82) is 0 Å². The van der Waals surface area contributed by atoms with Gasteiger partial charge in [0.25, 0.3) is 0 Å². The van der Waals surface area contributed by atoms with E-state index in [0.29, 0.717) is 17.8 Å². The van der Waals surface area contributed by atoms with Gasteiger partial charge in [0.15, 0.2) is 0 Å². The molecule has 3 saturated heterocycles. The van der Waals surface area contributed by atoms with Gasteiger partial charge in [-0.1, -0.05) is 6.92 Å². The first-order chi connectivity index (χ1) is 12.3. The third kappa shape index (κ3) is 2.36. The summed E-state index contributed by atoms with van der Waals surface area (Å²) in [4.78, 5) is 15.5. The lowest BCUT2D eigenvalue weighted by Gasteiger charge is -2.50. The Bertz CT molecular complexity index is 601. The molecule has 0 N–H and O–H groups in total. The van der Waals surface area contributed by atoms with Crippen LogP contribution in [0.25, 0.3) is 0 Å². The summed E-state index contributed by atoms with van der Waals surface area (Å²) in [6, 6.07) is 0. The van der Waals surface area contributed by atoms with E-state index in [9.17, 15) is 4.79 Å².